The van der Waals surface area contributed by atoms with Crippen LogP contribution in [0.2, 0.25) is 0 Å². The maximum Gasteiger partial charge on any atom is 0.325 e. The van der Waals surface area contributed by atoms with Crippen LogP contribution in [0.3, 0.4) is 0 Å². The molecule has 0 radical (unpaired) electrons. The molecule has 0 aliphatic rings. The average molecular weight is 466 g/mol. The molecule has 0 fully saturated rings. The van der Waals surface area contributed by atoms with E-state index in [2.05, 4.69) is 21.3 Å². The Kier molecular flexibility index (Phi) is 13.6. The number of rotatable bonds is 17. The monoisotopic (exact) mass is 466 g/mol. The van der Waals surface area contributed by atoms with Gasteiger partial charge in [0.05, 0.1) is 43.8 Å². The summed E-state index contributed by atoms with van der Waals surface area (Å²) in [6.07, 6.45) is -4.12. The Morgan fingerprint density at radius 2 is 1.25 bits per heavy atom. The van der Waals surface area contributed by atoms with E-state index < -0.39 is 85.9 Å². The fourth-order valence-electron chi connectivity index (χ4n) is 3.46. The number of aliphatic carboxylic acids is 2. The second kappa shape index (κ2) is 14.7. The van der Waals surface area contributed by atoms with E-state index in [1.807, 2.05) is 0 Å². The third-order valence-electron chi connectivity index (χ3n) is 5.01. The van der Waals surface area contributed by atoms with Crippen molar-refractivity contribution in [3.63, 3.8) is 0 Å². The lowest BCUT2D eigenvalue weighted by atomic mass is 9.68. The molecule has 186 valence electrons. The van der Waals surface area contributed by atoms with Gasteiger partial charge in [-0.15, -0.1) is 0 Å². The zero-order chi connectivity index (χ0) is 24.9. The Balaban J connectivity index is 6.49. The molecule has 0 saturated carbocycles. The molecule has 0 aromatic carbocycles. The predicted octanol–water partition coefficient (Wildman–Crippen LogP) is -4.72. The first-order valence-electron chi connectivity index (χ1n) is 9.93. The van der Waals surface area contributed by atoms with Gasteiger partial charge in [0, 0.05) is 27.2 Å². The van der Waals surface area contributed by atoms with E-state index in [1.165, 1.54) is 14.1 Å². The first-order chi connectivity index (χ1) is 15.0. The number of hydrogen-bond acceptors (Lipinski definition) is 10. The Morgan fingerprint density at radius 1 is 0.812 bits per heavy atom. The van der Waals surface area contributed by atoms with Gasteiger partial charge in [0.25, 0.3) is 0 Å². The average Bonchev–Trinajstić information content (AvgIpc) is 2.76. The molecule has 0 aliphatic carbocycles. The quantitative estimate of drug-likeness (QED) is 0.0910. The minimum Gasteiger partial charge on any atom is -0.480 e. The summed E-state index contributed by atoms with van der Waals surface area (Å²) in [5.41, 5.74) is -2.41. The summed E-state index contributed by atoms with van der Waals surface area (Å²) in [5, 5.41) is 67.1. The molecular weight excluding hydrogens is 432 g/mol. The fraction of sp³-hybridized carbons (Fsp3) is 0.778. The highest BCUT2D eigenvalue weighted by Gasteiger charge is 2.57. The standard InChI is InChI=1S/C18H34N4O10/c1-19-15(29)12(5-10(25)8-23)18(17(31)32,22-4-3-21-7-14(27)28)13(16(30)20-2)6-11(26)9-24/h10-13,21-26H,3-9H2,1-2H3,(H,19,29)(H,20,30)(H,27,28)(H,31,32). The van der Waals surface area contributed by atoms with Gasteiger partial charge in [-0.25, -0.2) is 0 Å². The third kappa shape index (κ3) is 8.29. The van der Waals surface area contributed by atoms with Crippen molar-refractivity contribution in [2.24, 2.45) is 11.8 Å². The van der Waals surface area contributed by atoms with Crippen molar-refractivity contribution in [1.82, 2.24) is 21.3 Å². The highest BCUT2D eigenvalue weighted by molar-refractivity contribution is 5.95. The van der Waals surface area contributed by atoms with E-state index in [1.54, 1.807) is 0 Å². The van der Waals surface area contributed by atoms with Crippen LogP contribution in [0.5, 0.6) is 0 Å². The lowest BCUT2D eigenvalue weighted by Gasteiger charge is -2.43. The molecule has 0 aromatic rings. The summed E-state index contributed by atoms with van der Waals surface area (Å²) < 4.78 is 0. The van der Waals surface area contributed by atoms with Crippen molar-refractivity contribution in [2.75, 3.05) is 46.9 Å². The molecular formula is C18H34N4O10. The Morgan fingerprint density at radius 3 is 1.56 bits per heavy atom. The first-order valence-corrected chi connectivity index (χ1v) is 9.93. The lowest BCUT2D eigenvalue weighted by Crippen LogP contribution is -2.69. The normalized spacial score (nSPS) is 16.8. The van der Waals surface area contributed by atoms with Gasteiger partial charge in [0.15, 0.2) is 0 Å². The number of carbonyl (C=O) groups excluding carboxylic acids is 2. The number of carbonyl (C=O) groups is 4. The number of nitrogens with one attached hydrogen (secondary N) is 4. The first kappa shape index (κ1) is 29.6. The molecule has 0 spiro atoms. The van der Waals surface area contributed by atoms with Gasteiger partial charge in [-0.1, -0.05) is 0 Å². The van der Waals surface area contributed by atoms with E-state index in [0.29, 0.717) is 0 Å². The van der Waals surface area contributed by atoms with E-state index in [0.717, 1.165) is 0 Å². The molecule has 14 heteroatoms. The van der Waals surface area contributed by atoms with Gasteiger partial charge in [-0.2, -0.15) is 0 Å². The van der Waals surface area contributed by atoms with Gasteiger partial charge in [-0.3, -0.25) is 24.5 Å². The van der Waals surface area contributed by atoms with Gasteiger partial charge < -0.3 is 46.6 Å². The van der Waals surface area contributed by atoms with Gasteiger partial charge in [-0.05, 0) is 12.8 Å². The van der Waals surface area contributed by atoms with Crippen LogP contribution < -0.4 is 21.3 Å². The number of amides is 2. The lowest BCUT2D eigenvalue weighted by molar-refractivity contribution is -0.160. The topological polar surface area (TPSA) is 238 Å². The zero-order valence-corrected chi connectivity index (χ0v) is 18.1. The molecule has 0 heterocycles. The summed E-state index contributed by atoms with van der Waals surface area (Å²) in [5.74, 6) is -7.76. The number of hydrogen-bond donors (Lipinski definition) is 10. The number of aliphatic hydroxyl groups excluding tert-OH is 4. The van der Waals surface area contributed by atoms with Gasteiger partial charge in [0.1, 0.15) is 5.54 Å². The minimum absolute atomic E-state index is 0.0621. The number of aliphatic hydroxyl groups is 4. The van der Waals surface area contributed by atoms with E-state index >= 15 is 0 Å². The highest BCUT2D eigenvalue weighted by atomic mass is 16.4. The van der Waals surface area contributed by atoms with Crippen LogP contribution in [-0.2, 0) is 19.2 Å². The molecule has 10 N–H and O–H groups in total. The Labute approximate surface area is 185 Å². The fourth-order valence-corrected chi connectivity index (χ4v) is 3.46. The highest BCUT2D eigenvalue weighted by Crippen LogP contribution is 2.34. The number of carboxylic acids is 2. The summed E-state index contributed by atoms with van der Waals surface area (Å²) in [6, 6.07) is 0. The summed E-state index contributed by atoms with van der Waals surface area (Å²) in [6.45, 7) is -2.27. The molecule has 32 heavy (non-hydrogen) atoms. The van der Waals surface area contributed by atoms with Crippen LogP contribution in [0.25, 0.3) is 0 Å². The van der Waals surface area contributed by atoms with Crippen molar-refractivity contribution in [2.45, 2.75) is 30.6 Å². The number of carboxylic acid groups (broad SMARTS) is 2. The van der Waals surface area contributed by atoms with Crippen LogP contribution in [0, 0.1) is 11.8 Å². The van der Waals surface area contributed by atoms with Crippen LogP contribution in [-0.4, -0.2) is 119 Å². The zero-order valence-electron chi connectivity index (χ0n) is 18.1. The molecule has 0 bridgehead atoms. The Bertz CT molecular complexity index is 601. The largest absolute Gasteiger partial charge is 0.480 e. The van der Waals surface area contributed by atoms with Crippen molar-refractivity contribution >= 4 is 23.8 Å². The van der Waals surface area contributed by atoms with Crippen LogP contribution >= 0.6 is 0 Å². The van der Waals surface area contributed by atoms with E-state index in [-0.39, 0.29) is 13.1 Å². The summed E-state index contributed by atoms with van der Waals surface area (Å²) in [7, 11) is 2.44. The van der Waals surface area contributed by atoms with Crippen molar-refractivity contribution in [1.29, 1.82) is 0 Å². The van der Waals surface area contributed by atoms with Crippen LogP contribution in [0.15, 0.2) is 0 Å². The maximum absolute atomic E-state index is 12.7. The predicted molar refractivity (Wildman–Crippen MR) is 109 cm³/mol. The Hall–Kier alpha value is -2.36. The van der Waals surface area contributed by atoms with Crippen molar-refractivity contribution < 1.29 is 49.8 Å². The smallest absolute Gasteiger partial charge is 0.325 e. The molecule has 0 saturated heterocycles. The van der Waals surface area contributed by atoms with Crippen molar-refractivity contribution in [3.05, 3.63) is 0 Å². The third-order valence-corrected chi connectivity index (χ3v) is 5.01. The molecule has 0 rings (SSSR count). The second-order valence-corrected chi connectivity index (χ2v) is 7.15. The van der Waals surface area contributed by atoms with Gasteiger partial charge in [0.2, 0.25) is 11.8 Å². The molecule has 4 atom stereocenters. The summed E-state index contributed by atoms with van der Waals surface area (Å²) >= 11 is 0. The molecule has 2 amide bonds. The van der Waals surface area contributed by atoms with Crippen LogP contribution in [0.4, 0.5) is 0 Å². The maximum atomic E-state index is 12.7. The molecule has 0 aliphatic heterocycles. The minimum atomic E-state index is -2.41. The van der Waals surface area contributed by atoms with E-state index in [4.69, 9.17) is 5.11 Å². The van der Waals surface area contributed by atoms with Gasteiger partial charge >= 0.3 is 11.9 Å². The summed E-state index contributed by atoms with van der Waals surface area (Å²) in [4.78, 5) is 48.7. The molecule has 0 aromatic heterocycles. The second-order valence-electron chi connectivity index (χ2n) is 7.15. The van der Waals surface area contributed by atoms with Crippen LogP contribution in [0.1, 0.15) is 12.8 Å². The van der Waals surface area contributed by atoms with Crippen molar-refractivity contribution in [3.8, 4) is 0 Å². The SMILES string of the molecule is CNC(=O)C(CC(O)CO)C(NCCNCC(=O)O)(C(=O)O)C(CC(O)CO)C(=O)NC. The van der Waals surface area contributed by atoms with E-state index in [9.17, 15) is 44.7 Å². The molecule has 4 unspecified atom stereocenters. The molecule has 14 nitrogen and oxygen atoms in total.